The van der Waals surface area contributed by atoms with Crippen LogP contribution in [0, 0.1) is 11.6 Å². The van der Waals surface area contributed by atoms with E-state index in [1.54, 1.807) is 0 Å². The number of hydrogen-bond donors (Lipinski definition) is 1. The van der Waals surface area contributed by atoms with Gasteiger partial charge < -0.3 is 9.47 Å². The van der Waals surface area contributed by atoms with Crippen LogP contribution < -0.4 is 9.46 Å². The number of carbonyl (C=O) groups is 1. The Morgan fingerprint density at radius 2 is 1.79 bits per heavy atom. The van der Waals surface area contributed by atoms with Crippen molar-refractivity contribution >= 4 is 39.4 Å². The summed E-state index contributed by atoms with van der Waals surface area (Å²) >= 11 is 6.78. The van der Waals surface area contributed by atoms with Crippen LogP contribution in [0.4, 0.5) is 8.78 Å². The third-order valence-corrected chi connectivity index (χ3v) is 6.29. The van der Waals surface area contributed by atoms with Gasteiger partial charge in [-0.1, -0.05) is 11.6 Å². The molecular weight excluding hydrogens is 448 g/mol. The fraction of sp³-hybridized carbons (Fsp3) is 0.278. The molecule has 11 heteroatoms. The van der Waals surface area contributed by atoms with Crippen molar-refractivity contribution in [2.24, 2.45) is 0 Å². The van der Waals surface area contributed by atoms with E-state index in [0.717, 1.165) is 31.0 Å². The van der Waals surface area contributed by atoms with E-state index >= 15 is 0 Å². The van der Waals surface area contributed by atoms with Crippen LogP contribution in [-0.4, -0.2) is 39.9 Å². The molecule has 6 nitrogen and oxygen atoms in total. The highest BCUT2D eigenvalue weighted by Crippen LogP contribution is 2.29. The van der Waals surface area contributed by atoms with Crippen molar-refractivity contribution in [2.75, 3.05) is 19.4 Å². The van der Waals surface area contributed by atoms with Gasteiger partial charge in [0, 0.05) is 22.2 Å². The third-order valence-electron chi connectivity index (χ3n) is 3.59. The third kappa shape index (κ3) is 6.56. The van der Waals surface area contributed by atoms with Crippen LogP contribution in [0.1, 0.15) is 6.92 Å². The highest BCUT2D eigenvalue weighted by atomic mass is 35.5. The van der Waals surface area contributed by atoms with Crippen molar-refractivity contribution in [1.82, 2.24) is 4.72 Å². The van der Waals surface area contributed by atoms with Gasteiger partial charge in [0.05, 0.1) is 12.0 Å². The van der Waals surface area contributed by atoms with Crippen LogP contribution >= 0.6 is 23.4 Å². The van der Waals surface area contributed by atoms with E-state index in [9.17, 15) is 22.0 Å². The molecule has 29 heavy (non-hydrogen) atoms. The Morgan fingerprint density at radius 1 is 1.21 bits per heavy atom. The number of hydrogen-bond acceptors (Lipinski definition) is 6. The average Bonchev–Trinajstić information content (AvgIpc) is 2.67. The minimum absolute atomic E-state index is 0.0382. The van der Waals surface area contributed by atoms with Crippen LogP contribution in [0.25, 0.3) is 0 Å². The number of ether oxygens (including phenoxy) is 2. The molecule has 2 rings (SSSR count). The number of esters is 1. The van der Waals surface area contributed by atoms with Crippen LogP contribution in [-0.2, 0) is 19.6 Å². The van der Waals surface area contributed by atoms with Crippen LogP contribution in [0.3, 0.4) is 0 Å². The number of rotatable bonds is 9. The summed E-state index contributed by atoms with van der Waals surface area (Å²) in [5.74, 6) is -3.19. The molecule has 0 radical (unpaired) electrons. The quantitative estimate of drug-likeness (QED) is 0.346. The second-order valence-corrected chi connectivity index (χ2v) is 9.07. The van der Waals surface area contributed by atoms with Gasteiger partial charge in [-0.15, -0.1) is 11.8 Å². The predicted octanol–water partition coefficient (Wildman–Crippen LogP) is 3.63. The molecule has 0 aliphatic heterocycles. The van der Waals surface area contributed by atoms with E-state index in [1.807, 2.05) is 0 Å². The molecule has 2 aromatic carbocycles. The molecule has 0 spiro atoms. The molecule has 0 aliphatic rings. The first-order chi connectivity index (χ1) is 13.6. The number of sulfonamides is 1. The van der Waals surface area contributed by atoms with E-state index in [-0.39, 0.29) is 22.1 Å². The molecule has 0 saturated heterocycles. The van der Waals surface area contributed by atoms with E-state index in [0.29, 0.717) is 5.02 Å². The molecule has 1 N–H and O–H groups in total. The van der Waals surface area contributed by atoms with Gasteiger partial charge in [0.1, 0.15) is 0 Å². The van der Waals surface area contributed by atoms with E-state index in [4.69, 9.17) is 16.3 Å². The number of thioether (sulfide) groups is 1. The normalized spacial score (nSPS) is 12.4. The number of carbonyl (C=O) groups excluding carboxylic acids is 1. The van der Waals surface area contributed by atoms with Gasteiger partial charge in [-0.05, 0) is 43.3 Å². The molecular formula is C18H18ClF2NO5S2. The minimum atomic E-state index is -3.71. The van der Waals surface area contributed by atoms with Gasteiger partial charge in [0.25, 0.3) is 0 Å². The monoisotopic (exact) mass is 465 g/mol. The Kier molecular flexibility index (Phi) is 8.26. The summed E-state index contributed by atoms with van der Waals surface area (Å²) in [5, 5.41) is 0.414. The number of benzene rings is 2. The first-order valence-electron chi connectivity index (χ1n) is 8.25. The smallest absolute Gasteiger partial charge is 0.346 e. The maximum atomic E-state index is 14.1. The van der Waals surface area contributed by atoms with Gasteiger partial charge in [-0.3, -0.25) is 0 Å². The minimum Gasteiger partial charge on any atom is -0.473 e. The Balaban J connectivity index is 1.94. The Hall–Kier alpha value is -1.88. The lowest BCUT2D eigenvalue weighted by atomic mass is 10.3. The first kappa shape index (κ1) is 23.4. The summed E-state index contributed by atoms with van der Waals surface area (Å²) < 4.78 is 64.4. The van der Waals surface area contributed by atoms with E-state index < -0.39 is 39.5 Å². The van der Waals surface area contributed by atoms with Crippen LogP contribution in [0.5, 0.6) is 5.75 Å². The number of nitrogens with one attached hydrogen (secondary N) is 1. The van der Waals surface area contributed by atoms with Gasteiger partial charge in [0.2, 0.25) is 10.0 Å². The Morgan fingerprint density at radius 3 is 2.34 bits per heavy atom. The number of halogens is 3. The van der Waals surface area contributed by atoms with E-state index in [1.165, 1.54) is 31.2 Å². The lowest BCUT2D eigenvalue weighted by molar-refractivity contribution is -0.148. The van der Waals surface area contributed by atoms with Crippen molar-refractivity contribution in [2.45, 2.75) is 22.8 Å². The molecule has 0 fully saturated rings. The predicted molar refractivity (Wildman–Crippen MR) is 106 cm³/mol. The lowest BCUT2D eigenvalue weighted by Gasteiger charge is -2.14. The zero-order chi connectivity index (χ0) is 21.6. The molecule has 0 saturated carbocycles. The summed E-state index contributed by atoms with van der Waals surface area (Å²) in [4.78, 5) is 11.6. The van der Waals surface area contributed by atoms with Crippen molar-refractivity contribution < 1.29 is 31.5 Å². The van der Waals surface area contributed by atoms with Crippen LogP contribution in [0.15, 0.2) is 46.2 Å². The average molecular weight is 466 g/mol. The topological polar surface area (TPSA) is 81.7 Å². The van der Waals surface area contributed by atoms with Gasteiger partial charge >= 0.3 is 5.97 Å². The van der Waals surface area contributed by atoms with Crippen molar-refractivity contribution in [3.05, 3.63) is 53.1 Å². The summed E-state index contributed by atoms with van der Waals surface area (Å²) in [6.45, 7) is 1.34. The summed E-state index contributed by atoms with van der Waals surface area (Å²) in [6, 6.07) is 7.75. The zero-order valence-electron chi connectivity index (χ0n) is 15.4. The molecule has 0 aromatic heterocycles. The fourth-order valence-corrected chi connectivity index (χ4v) is 4.27. The van der Waals surface area contributed by atoms with Gasteiger partial charge in [-0.25, -0.2) is 26.7 Å². The summed E-state index contributed by atoms with van der Waals surface area (Å²) in [6.07, 6.45) is -1.18. The highest BCUT2D eigenvalue weighted by Gasteiger charge is 2.21. The maximum absolute atomic E-state index is 14.1. The fourth-order valence-electron chi connectivity index (χ4n) is 2.17. The zero-order valence-corrected chi connectivity index (χ0v) is 17.8. The maximum Gasteiger partial charge on any atom is 0.346 e. The summed E-state index contributed by atoms with van der Waals surface area (Å²) in [5.41, 5.74) is 0. The van der Waals surface area contributed by atoms with E-state index in [2.05, 4.69) is 9.46 Å². The van der Waals surface area contributed by atoms with Gasteiger partial charge in [0.15, 0.2) is 23.5 Å². The van der Waals surface area contributed by atoms with Crippen molar-refractivity contribution in [3.8, 4) is 5.75 Å². The largest absolute Gasteiger partial charge is 0.473 e. The molecule has 0 aliphatic carbocycles. The molecule has 1 unspecified atom stereocenters. The Labute approximate surface area is 176 Å². The van der Waals surface area contributed by atoms with Crippen LogP contribution in [0.2, 0.25) is 5.02 Å². The van der Waals surface area contributed by atoms with Gasteiger partial charge in [-0.2, -0.15) is 0 Å². The number of methoxy groups -OCH3 is 1. The second kappa shape index (κ2) is 10.2. The molecule has 0 bridgehead atoms. The molecule has 0 amide bonds. The lowest BCUT2D eigenvalue weighted by Crippen LogP contribution is -2.26. The Bertz CT molecular complexity index is 948. The second-order valence-electron chi connectivity index (χ2n) is 5.70. The molecule has 0 heterocycles. The first-order valence-corrected chi connectivity index (χ1v) is 11.1. The van der Waals surface area contributed by atoms with Crippen molar-refractivity contribution in [1.29, 1.82) is 0 Å². The molecule has 158 valence electrons. The standard InChI is InChI=1S/C18H18ClF2NO5S2/c1-11(18(23)26-2)27-17-15(20)9-13(10-16(17)21)28-8-7-22-29(24,25)14-5-3-12(19)4-6-14/h3-6,9-11,22H,7-8H2,1-2H3. The summed E-state index contributed by atoms with van der Waals surface area (Å²) in [7, 11) is -2.58. The van der Waals surface area contributed by atoms with Crippen molar-refractivity contribution in [3.63, 3.8) is 0 Å². The SMILES string of the molecule is COC(=O)C(C)Oc1c(F)cc(SCCNS(=O)(=O)c2ccc(Cl)cc2)cc1F. The molecule has 1 atom stereocenters. The molecule has 2 aromatic rings. The highest BCUT2D eigenvalue weighted by molar-refractivity contribution is 7.99.